The Hall–Kier alpha value is -2.27. The molecule has 5 heteroatoms. The van der Waals surface area contributed by atoms with Gasteiger partial charge in [-0.3, -0.25) is 4.79 Å². The van der Waals surface area contributed by atoms with Crippen LogP contribution in [-0.4, -0.2) is 15.9 Å². The predicted octanol–water partition coefficient (Wildman–Crippen LogP) is 2.88. The number of carbonyl (C=O) groups is 1. The highest BCUT2D eigenvalue weighted by Gasteiger charge is 2.20. The van der Waals surface area contributed by atoms with Crippen molar-refractivity contribution in [2.75, 3.05) is 0 Å². The summed E-state index contributed by atoms with van der Waals surface area (Å²) < 4.78 is 0. The lowest BCUT2D eigenvalue weighted by Crippen LogP contribution is -2.19. The Morgan fingerprint density at radius 3 is 2.50 bits per heavy atom. The number of primary amides is 1. The smallest absolute Gasteiger partial charge is 0.235 e. The standard InChI is InChI=1S/C15H13N3OS/c16-14(19)13(10-6-2-1-3-7-10)20-15-17-11-8-4-5-9-12(11)18-15/h1-9,13H,(H2,16,19)(H,17,18). The molecule has 1 amide bonds. The Balaban J connectivity index is 1.92. The molecule has 20 heavy (non-hydrogen) atoms. The molecule has 3 aromatic rings. The number of amides is 1. The van der Waals surface area contributed by atoms with Crippen LogP contribution >= 0.6 is 11.8 Å². The molecule has 100 valence electrons. The molecule has 2 aromatic carbocycles. The number of carbonyl (C=O) groups excluding carboxylic acids is 1. The lowest BCUT2D eigenvalue weighted by Gasteiger charge is -2.11. The number of H-pyrrole nitrogens is 1. The fraction of sp³-hybridized carbons (Fsp3) is 0.0667. The molecule has 1 aromatic heterocycles. The van der Waals surface area contributed by atoms with Gasteiger partial charge in [0.25, 0.3) is 0 Å². The van der Waals surface area contributed by atoms with Crippen LogP contribution < -0.4 is 5.73 Å². The second-order valence-electron chi connectivity index (χ2n) is 4.37. The van der Waals surface area contributed by atoms with Crippen molar-refractivity contribution in [2.24, 2.45) is 5.73 Å². The van der Waals surface area contributed by atoms with Gasteiger partial charge in [0.1, 0.15) is 5.25 Å². The summed E-state index contributed by atoms with van der Waals surface area (Å²) in [5.41, 5.74) is 8.22. The number of nitrogens with two attached hydrogens (primary N) is 1. The van der Waals surface area contributed by atoms with Crippen LogP contribution in [-0.2, 0) is 4.79 Å². The van der Waals surface area contributed by atoms with Crippen LogP contribution in [0.2, 0.25) is 0 Å². The van der Waals surface area contributed by atoms with Crippen LogP contribution in [0.15, 0.2) is 59.8 Å². The second-order valence-corrected chi connectivity index (χ2v) is 5.46. The highest BCUT2D eigenvalue weighted by atomic mass is 32.2. The van der Waals surface area contributed by atoms with Crippen LogP contribution in [0, 0.1) is 0 Å². The van der Waals surface area contributed by atoms with Gasteiger partial charge >= 0.3 is 0 Å². The van der Waals surface area contributed by atoms with Crippen molar-refractivity contribution < 1.29 is 4.79 Å². The molecule has 0 saturated carbocycles. The molecular formula is C15H13N3OS. The normalized spacial score (nSPS) is 12.4. The summed E-state index contributed by atoms with van der Waals surface area (Å²) in [7, 11) is 0. The van der Waals surface area contributed by atoms with Crippen molar-refractivity contribution >= 4 is 28.7 Å². The zero-order valence-electron chi connectivity index (χ0n) is 10.6. The fourth-order valence-electron chi connectivity index (χ4n) is 2.02. The van der Waals surface area contributed by atoms with Crippen molar-refractivity contribution in [3.05, 3.63) is 60.2 Å². The minimum absolute atomic E-state index is 0.373. The first-order valence-corrected chi connectivity index (χ1v) is 7.07. The zero-order valence-corrected chi connectivity index (χ0v) is 11.4. The van der Waals surface area contributed by atoms with Gasteiger partial charge in [-0.05, 0) is 17.7 Å². The minimum atomic E-state index is -0.447. The van der Waals surface area contributed by atoms with E-state index in [4.69, 9.17) is 5.73 Å². The molecule has 0 saturated heterocycles. The third-order valence-corrected chi connectivity index (χ3v) is 4.11. The molecular weight excluding hydrogens is 270 g/mol. The van der Waals surface area contributed by atoms with E-state index < -0.39 is 5.25 Å². The molecule has 0 bridgehead atoms. The van der Waals surface area contributed by atoms with Crippen molar-refractivity contribution in [1.29, 1.82) is 0 Å². The van der Waals surface area contributed by atoms with Crippen LogP contribution in [0.25, 0.3) is 11.0 Å². The maximum absolute atomic E-state index is 11.7. The molecule has 3 N–H and O–H groups in total. The summed E-state index contributed by atoms with van der Waals surface area (Å²) in [5, 5.41) is 0.246. The summed E-state index contributed by atoms with van der Waals surface area (Å²) >= 11 is 1.33. The number of rotatable bonds is 4. The SMILES string of the molecule is NC(=O)C(Sc1nc2ccccc2[nH]1)c1ccccc1. The first kappa shape index (κ1) is 12.7. The molecule has 0 fully saturated rings. The number of hydrogen-bond donors (Lipinski definition) is 2. The second kappa shape index (κ2) is 5.38. The van der Waals surface area contributed by atoms with Crippen molar-refractivity contribution in [1.82, 2.24) is 9.97 Å². The molecule has 1 atom stereocenters. The Bertz CT molecular complexity index is 706. The van der Waals surface area contributed by atoms with E-state index in [1.807, 2.05) is 54.6 Å². The number of hydrogen-bond acceptors (Lipinski definition) is 3. The first-order chi connectivity index (χ1) is 9.74. The lowest BCUT2D eigenvalue weighted by molar-refractivity contribution is -0.117. The molecule has 1 heterocycles. The van der Waals surface area contributed by atoms with E-state index in [9.17, 15) is 4.79 Å². The summed E-state index contributed by atoms with van der Waals surface area (Å²) in [6.07, 6.45) is 0. The van der Waals surface area contributed by atoms with E-state index in [-0.39, 0.29) is 5.91 Å². The van der Waals surface area contributed by atoms with E-state index in [1.54, 1.807) is 0 Å². The Morgan fingerprint density at radius 2 is 1.80 bits per heavy atom. The third-order valence-electron chi connectivity index (χ3n) is 2.96. The van der Waals surface area contributed by atoms with E-state index in [2.05, 4.69) is 9.97 Å². The number of imidazole rings is 1. The van der Waals surface area contributed by atoms with Crippen molar-refractivity contribution in [2.45, 2.75) is 10.4 Å². The van der Waals surface area contributed by atoms with Gasteiger partial charge in [-0.25, -0.2) is 4.98 Å². The van der Waals surface area contributed by atoms with Gasteiger partial charge in [0.15, 0.2) is 5.16 Å². The first-order valence-electron chi connectivity index (χ1n) is 6.20. The molecule has 0 spiro atoms. The number of nitrogens with zero attached hydrogens (tertiary/aromatic N) is 1. The predicted molar refractivity (Wildman–Crippen MR) is 80.3 cm³/mol. The Labute approximate surface area is 120 Å². The zero-order chi connectivity index (χ0) is 13.9. The minimum Gasteiger partial charge on any atom is -0.368 e. The number of thioether (sulfide) groups is 1. The van der Waals surface area contributed by atoms with E-state index in [0.29, 0.717) is 5.16 Å². The maximum atomic E-state index is 11.7. The maximum Gasteiger partial charge on any atom is 0.235 e. The summed E-state index contributed by atoms with van der Waals surface area (Å²) in [6.45, 7) is 0. The molecule has 0 aliphatic rings. The number of aromatic amines is 1. The number of fused-ring (bicyclic) bond motifs is 1. The average molecular weight is 283 g/mol. The van der Waals surface area contributed by atoms with Crippen LogP contribution in [0.5, 0.6) is 0 Å². The molecule has 4 nitrogen and oxygen atoms in total. The van der Waals surface area contributed by atoms with Gasteiger partial charge in [-0.15, -0.1) is 0 Å². The number of para-hydroxylation sites is 2. The average Bonchev–Trinajstić information content (AvgIpc) is 2.88. The fourth-order valence-corrected chi connectivity index (χ4v) is 2.97. The summed E-state index contributed by atoms with van der Waals surface area (Å²) in [5.74, 6) is -0.373. The van der Waals surface area contributed by atoms with Gasteiger partial charge in [-0.1, -0.05) is 54.2 Å². The quantitative estimate of drug-likeness (QED) is 0.723. The highest BCUT2D eigenvalue weighted by molar-refractivity contribution is 8.00. The molecule has 0 aliphatic carbocycles. The number of nitrogens with one attached hydrogen (secondary N) is 1. The monoisotopic (exact) mass is 283 g/mol. The molecule has 0 aliphatic heterocycles. The Morgan fingerprint density at radius 1 is 1.10 bits per heavy atom. The summed E-state index contributed by atoms with van der Waals surface area (Å²) in [4.78, 5) is 19.3. The van der Waals surface area contributed by atoms with Gasteiger partial charge in [0.2, 0.25) is 5.91 Å². The molecule has 3 rings (SSSR count). The van der Waals surface area contributed by atoms with Gasteiger partial charge in [-0.2, -0.15) is 0 Å². The third kappa shape index (κ3) is 2.53. The number of aromatic nitrogens is 2. The molecule has 0 radical (unpaired) electrons. The summed E-state index contributed by atoms with van der Waals surface area (Å²) in [6, 6.07) is 17.2. The largest absolute Gasteiger partial charge is 0.368 e. The Kier molecular flexibility index (Phi) is 3.43. The van der Waals surface area contributed by atoms with Crippen LogP contribution in [0.1, 0.15) is 10.8 Å². The van der Waals surface area contributed by atoms with Crippen LogP contribution in [0.3, 0.4) is 0 Å². The lowest BCUT2D eigenvalue weighted by atomic mass is 10.1. The highest BCUT2D eigenvalue weighted by Crippen LogP contribution is 2.34. The molecule has 1 unspecified atom stereocenters. The van der Waals surface area contributed by atoms with Gasteiger partial charge in [0.05, 0.1) is 11.0 Å². The van der Waals surface area contributed by atoms with E-state index in [0.717, 1.165) is 16.6 Å². The topological polar surface area (TPSA) is 71.8 Å². The number of benzene rings is 2. The van der Waals surface area contributed by atoms with Crippen LogP contribution in [0.4, 0.5) is 0 Å². The van der Waals surface area contributed by atoms with E-state index >= 15 is 0 Å². The van der Waals surface area contributed by atoms with Gasteiger partial charge in [0, 0.05) is 0 Å². The van der Waals surface area contributed by atoms with E-state index in [1.165, 1.54) is 11.8 Å². The van der Waals surface area contributed by atoms with Gasteiger partial charge < -0.3 is 10.7 Å². The van der Waals surface area contributed by atoms with Crippen molar-refractivity contribution in [3.8, 4) is 0 Å². The van der Waals surface area contributed by atoms with Crippen molar-refractivity contribution in [3.63, 3.8) is 0 Å².